The summed E-state index contributed by atoms with van der Waals surface area (Å²) in [6.07, 6.45) is 0. The Morgan fingerprint density at radius 1 is 1.15 bits per heavy atom. The van der Waals surface area contributed by atoms with Crippen molar-refractivity contribution >= 4 is 18.9 Å². The summed E-state index contributed by atoms with van der Waals surface area (Å²) in [5, 5.41) is 0. The average molecular weight is 224 g/mol. The Morgan fingerprint density at radius 2 is 1.62 bits per heavy atom. The lowest BCUT2D eigenvalue weighted by atomic mass is 10.7. The van der Waals surface area contributed by atoms with Gasteiger partial charge in [-0.25, -0.2) is 0 Å². The summed E-state index contributed by atoms with van der Waals surface area (Å²) in [6.45, 7) is 9.30. The van der Waals surface area contributed by atoms with Gasteiger partial charge in [0.1, 0.15) is 0 Å². The Kier molecular flexibility index (Phi) is 6.16. The Morgan fingerprint density at radius 3 is 1.85 bits per heavy atom. The van der Waals surface area contributed by atoms with Gasteiger partial charge in [-0.2, -0.15) is 0 Å². The first kappa shape index (κ1) is 13.4. The van der Waals surface area contributed by atoms with Gasteiger partial charge in [-0.3, -0.25) is 9.13 Å². The minimum atomic E-state index is -2.07. The first-order chi connectivity index (χ1) is 6.02. The van der Waals surface area contributed by atoms with Crippen molar-refractivity contribution in [3.63, 3.8) is 0 Å². The fraction of sp³-hybridized carbons (Fsp3) is 1.00. The molecule has 1 N–H and O–H groups in total. The van der Waals surface area contributed by atoms with Gasteiger partial charge >= 0.3 is 7.87 Å². The Balaban J connectivity index is 4.53. The van der Waals surface area contributed by atoms with Crippen LogP contribution in [-0.4, -0.2) is 50.7 Å². The first-order valence-corrected chi connectivity index (χ1v) is 7.79. The Bertz CT molecular complexity index is 141. The zero-order valence-electron chi connectivity index (χ0n) is 9.39. The van der Waals surface area contributed by atoms with Crippen LogP contribution in [0.25, 0.3) is 0 Å². The summed E-state index contributed by atoms with van der Waals surface area (Å²) in [4.78, 5) is 3.42. The third-order valence-corrected chi connectivity index (χ3v) is 7.77. The number of nitrogens with one attached hydrogen (secondary N) is 1. The summed E-state index contributed by atoms with van der Waals surface area (Å²) in [6, 6.07) is 0. The standard InChI is InChI=1S/C8H22ClN3Si/c1-6-10-13(9,11(4)5)12(7-2)8-3/h10H,6-8H2,1-5H3. The number of nitrogens with zero attached hydrogens (tertiary/aromatic N) is 2. The second-order valence-corrected chi connectivity index (χ2v) is 7.82. The highest BCUT2D eigenvalue weighted by Gasteiger charge is 2.39. The normalized spacial score (nSPS) is 16.6. The molecular weight excluding hydrogens is 202 g/mol. The number of rotatable bonds is 6. The van der Waals surface area contributed by atoms with E-state index in [2.05, 4.69) is 34.9 Å². The second-order valence-electron chi connectivity index (χ2n) is 3.18. The molecule has 0 rings (SSSR count). The van der Waals surface area contributed by atoms with Gasteiger partial charge in [-0.15, -0.1) is 11.1 Å². The zero-order valence-corrected chi connectivity index (χ0v) is 11.1. The van der Waals surface area contributed by atoms with E-state index in [0.717, 1.165) is 19.6 Å². The van der Waals surface area contributed by atoms with Crippen molar-refractivity contribution in [1.82, 2.24) is 14.1 Å². The summed E-state index contributed by atoms with van der Waals surface area (Å²) in [7, 11) is 2.02. The maximum absolute atomic E-state index is 6.62. The van der Waals surface area contributed by atoms with Gasteiger partial charge in [-0.05, 0) is 33.7 Å². The maximum atomic E-state index is 6.62. The molecule has 0 fully saturated rings. The SMILES string of the molecule is CCN[Si](Cl)(N(C)C)N(CC)CC. The molecule has 3 nitrogen and oxygen atoms in total. The van der Waals surface area contributed by atoms with Gasteiger partial charge in [0.2, 0.25) is 0 Å². The summed E-state index contributed by atoms with van der Waals surface area (Å²) in [5.74, 6) is 0. The minimum absolute atomic E-state index is 0.921. The third kappa shape index (κ3) is 3.22. The molecule has 0 aliphatic carbocycles. The van der Waals surface area contributed by atoms with Crippen LogP contribution in [0.2, 0.25) is 0 Å². The molecule has 0 amide bonds. The van der Waals surface area contributed by atoms with Gasteiger partial charge in [0, 0.05) is 0 Å². The van der Waals surface area contributed by atoms with Gasteiger partial charge in [0.05, 0.1) is 0 Å². The highest BCUT2D eigenvalue weighted by molar-refractivity contribution is 7.15. The van der Waals surface area contributed by atoms with E-state index in [4.69, 9.17) is 11.1 Å². The molecule has 0 aromatic heterocycles. The molecule has 0 saturated carbocycles. The predicted molar refractivity (Wildman–Crippen MR) is 61.9 cm³/mol. The van der Waals surface area contributed by atoms with Crippen LogP contribution in [0.4, 0.5) is 0 Å². The van der Waals surface area contributed by atoms with Crippen LogP contribution < -0.4 is 4.98 Å². The van der Waals surface area contributed by atoms with E-state index < -0.39 is 7.87 Å². The molecule has 13 heavy (non-hydrogen) atoms. The van der Waals surface area contributed by atoms with E-state index in [1.807, 2.05) is 14.1 Å². The highest BCUT2D eigenvalue weighted by atomic mass is 35.6. The average Bonchev–Trinajstić information content (AvgIpc) is 2.06. The molecule has 1 atom stereocenters. The van der Waals surface area contributed by atoms with Crippen LogP contribution in [0.15, 0.2) is 0 Å². The lowest BCUT2D eigenvalue weighted by Gasteiger charge is -2.39. The van der Waals surface area contributed by atoms with E-state index in [1.54, 1.807) is 0 Å². The van der Waals surface area contributed by atoms with Crippen LogP contribution in [0.3, 0.4) is 0 Å². The topological polar surface area (TPSA) is 18.5 Å². The molecule has 0 heterocycles. The molecule has 80 valence electrons. The van der Waals surface area contributed by atoms with Crippen molar-refractivity contribution in [1.29, 1.82) is 0 Å². The molecule has 0 bridgehead atoms. The smallest absolute Gasteiger partial charge is 0.301 e. The zero-order chi connectivity index (χ0) is 10.5. The largest absolute Gasteiger partial charge is 0.389 e. The summed E-state index contributed by atoms with van der Waals surface area (Å²) < 4.78 is 4.45. The van der Waals surface area contributed by atoms with Crippen molar-refractivity contribution in [2.75, 3.05) is 33.7 Å². The highest BCUT2D eigenvalue weighted by Crippen LogP contribution is 2.13. The number of hydrogen-bond donors (Lipinski definition) is 1. The van der Waals surface area contributed by atoms with Crippen molar-refractivity contribution in [3.8, 4) is 0 Å². The summed E-state index contributed by atoms with van der Waals surface area (Å²) >= 11 is 6.62. The van der Waals surface area contributed by atoms with Gasteiger partial charge < -0.3 is 4.98 Å². The quantitative estimate of drug-likeness (QED) is 0.539. The maximum Gasteiger partial charge on any atom is 0.389 e. The van der Waals surface area contributed by atoms with Crippen molar-refractivity contribution in [2.24, 2.45) is 0 Å². The van der Waals surface area contributed by atoms with Gasteiger partial charge in [0.15, 0.2) is 0 Å². The predicted octanol–water partition coefficient (Wildman–Crippen LogP) is 1.17. The van der Waals surface area contributed by atoms with Crippen LogP contribution in [0, 0.1) is 0 Å². The fourth-order valence-corrected chi connectivity index (χ4v) is 4.93. The van der Waals surface area contributed by atoms with Crippen LogP contribution in [0.1, 0.15) is 20.8 Å². The molecule has 0 spiro atoms. The van der Waals surface area contributed by atoms with Crippen molar-refractivity contribution < 1.29 is 0 Å². The number of hydrogen-bond acceptors (Lipinski definition) is 3. The Labute approximate surface area is 88.0 Å². The van der Waals surface area contributed by atoms with E-state index in [0.29, 0.717) is 0 Å². The van der Waals surface area contributed by atoms with E-state index in [1.165, 1.54) is 0 Å². The second kappa shape index (κ2) is 5.98. The molecule has 0 aliphatic heterocycles. The van der Waals surface area contributed by atoms with Crippen molar-refractivity contribution in [2.45, 2.75) is 20.8 Å². The monoisotopic (exact) mass is 223 g/mol. The molecule has 0 saturated heterocycles. The number of halogens is 1. The lowest BCUT2D eigenvalue weighted by Crippen LogP contribution is -2.68. The molecule has 1 unspecified atom stereocenters. The summed E-state index contributed by atoms with van der Waals surface area (Å²) in [5.41, 5.74) is 0. The Hall–Kier alpha value is 0.387. The molecule has 0 radical (unpaired) electrons. The van der Waals surface area contributed by atoms with E-state index in [-0.39, 0.29) is 0 Å². The molecular formula is C8H22ClN3Si. The molecule has 0 aliphatic rings. The fourth-order valence-electron chi connectivity index (χ4n) is 1.42. The molecule has 0 aromatic carbocycles. The first-order valence-electron chi connectivity index (χ1n) is 4.89. The molecule has 5 heteroatoms. The van der Waals surface area contributed by atoms with Crippen LogP contribution >= 0.6 is 11.1 Å². The van der Waals surface area contributed by atoms with E-state index >= 15 is 0 Å². The van der Waals surface area contributed by atoms with Crippen LogP contribution in [0.5, 0.6) is 0 Å². The third-order valence-electron chi connectivity index (χ3n) is 2.18. The van der Waals surface area contributed by atoms with E-state index in [9.17, 15) is 0 Å². The minimum Gasteiger partial charge on any atom is -0.301 e. The van der Waals surface area contributed by atoms with Gasteiger partial charge in [-0.1, -0.05) is 20.8 Å². The molecule has 0 aromatic rings. The van der Waals surface area contributed by atoms with Crippen LogP contribution in [-0.2, 0) is 0 Å². The van der Waals surface area contributed by atoms with Crippen molar-refractivity contribution in [3.05, 3.63) is 0 Å². The van der Waals surface area contributed by atoms with Gasteiger partial charge in [0.25, 0.3) is 0 Å². The lowest BCUT2D eigenvalue weighted by molar-refractivity contribution is 0.401.